The molecule has 0 aliphatic carbocycles. The van der Waals surface area contributed by atoms with Crippen LogP contribution in [-0.4, -0.2) is 43.3 Å². The van der Waals surface area contributed by atoms with Crippen LogP contribution in [0.25, 0.3) is 16.7 Å². The minimum Gasteiger partial charge on any atom is -0.480 e. The smallest absolute Gasteiger partial charge is 0.351 e. The van der Waals surface area contributed by atoms with Crippen molar-refractivity contribution in [2.24, 2.45) is 0 Å². The van der Waals surface area contributed by atoms with Crippen LogP contribution in [0.15, 0.2) is 29.1 Å². The maximum absolute atomic E-state index is 12.7. The summed E-state index contributed by atoms with van der Waals surface area (Å²) in [6.07, 6.45) is 3.32. The van der Waals surface area contributed by atoms with Gasteiger partial charge in [0.15, 0.2) is 5.82 Å². The van der Waals surface area contributed by atoms with Gasteiger partial charge in [0.2, 0.25) is 5.65 Å². The van der Waals surface area contributed by atoms with E-state index in [9.17, 15) is 9.59 Å². The molecule has 1 aromatic carbocycles. The number of carboxylic acid groups (broad SMARTS) is 1. The van der Waals surface area contributed by atoms with Crippen molar-refractivity contribution in [2.75, 3.05) is 18.0 Å². The van der Waals surface area contributed by atoms with Crippen molar-refractivity contribution < 1.29 is 9.90 Å². The number of para-hydroxylation sites is 2. The fourth-order valence-electron chi connectivity index (χ4n) is 3.23. The van der Waals surface area contributed by atoms with E-state index in [1.807, 2.05) is 18.2 Å². The molecule has 0 saturated carbocycles. The molecule has 4 rings (SSSR count). The Kier molecular flexibility index (Phi) is 3.44. The predicted octanol–water partition coefficient (Wildman–Crippen LogP) is 1.12. The van der Waals surface area contributed by atoms with Crippen LogP contribution in [0.5, 0.6) is 0 Å². The molecule has 1 aliphatic heterocycles. The number of fused-ring (bicyclic) bond motifs is 3. The quantitative estimate of drug-likeness (QED) is 0.775. The van der Waals surface area contributed by atoms with Crippen molar-refractivity contribution in [1.82, 2.24) is 19.2 Å². The van der Waals surface area contributed by atoms with Crippen molar-refractivity contribution in [3.05, 3.63) is 34.7 Å². The van der Waals surface area contributed by atoms with Gasteiger partial charge < -0.3 is 10.0 Å². The average Bonchev–Trinajstić information content (AvgIpc) is 2.91. The second-order valence-corrected chi connectivity index (χ2v) is 5.96. The van der Waals surface area contributed by atoms with E-state index in [4.69, 9.17) is 10.1 Å². The van der Waals surface area contributed by atoms with Crippen molar-refractivity contribution in [3.63, 3.8) is 0 Å². The summed E-state index contributed by atoms with van der Waals surface area (Å²) in [6.45, 7) is 1.26. The number of hydrogen-bond acceptors (Lipinski definition) is 5. The highest BCUT2D eigenvalue weighted by atomic mass is 16.4. The molecule has 3 aromatic rings. The summed E-state index contributed by atoms with van der Waals surface area (Å²) < 4.78 is 2.45. The number of nitrogens with zero attached hydrogens (tertiary/aromatic N) is 5. The number of aliphatic carboxylic acids is 1. The molecule has 8 heteroatoms. The first-order valence-electron chi connectivity index (χ1n) is 8.00. The Balaban J connectivity index is 2.02. The Labute approximate surface area is 136 Å². The normalized spacial score (nSPS) is 15.2. The molecule has 0 radical (unpaired) electrons. The number of aromatic nitrogens is 4. The summed E-state index contributed by atoms with van der Waals surface area (Å²) in [5.74, 6) is -0.452. The van der Waals surface area contributed by atoms with Gasteiger partial charge in [0, 0.05) is 13.1 Å². The molecule has 0 spiro atoms. The van der Waals surface area contributed by atoms with E-state index in [1.165, 1.54) is 10.8 Å². The Hall–Kier alpha value is -2.90. The molecule has 0 amide bonds. The molecular formula is C16H17N5O3. The Morgan fingerprint density at radius 3 is 2.67 bits per heavy atom. The SMILES string of the molecule is O=C(O)Cn1nc2c(N3CCCCC3)nc3ccccc3n2c1=O. The van der Waals surface area contributed by atoms with Gasteiger partial charge in [0.25, 0.3) is 0 Å². The number of benzene rings is 1. The third kappa shape index (κ3) is 2.31. The zero-order valence-electron chi connectivity index (χ0n) is 13.1. The monoisotopic (exact) mass is 327 g/mol. The van der Waals surface area contributed by atoms with Crippen LogP contribution in [0.2, 0.25) is 0 Å². The van der Waals surface area contributed by atoms with Gasteiger partial charge in [-0.1, -0.05) is 12.1 Å². The number of anilines is 1. The highest BCUT2D eigenvalue weighted by Crippen LogP contribution is 2.24. The van der Waals surface area contributed by atoms with E-state index in [0.29, 0.717) is 22.5 Å². The standard InChI is InChI=1S/C16H17N5O3/c22-13(23)10-20-16(24)21-12-7-3-2-6-11(12)17-14(15(21)18-20)19-8-4-1-5-9-19/h2-3,6-7H,1,4-5,8-10H2,(H,22,23). The molecular weight excluding hydrogens is 310 g/mol. The fraction of sp³-hybridized carbons (Fsp3) is 0.375. The molecule has 0 atom stereocenters. The summed E-state index contributed by atoms with van der Waals surface area (Å²) in [4.78, 5) is 30.5. The fourth-order valence-corrected chi connectivity index (χ4v) is 3.23. The molecule has 1 saturated heterocycles. The van der Waals surface area contributed by atoms with Gasteiger partial charge >= 0.3 is 11.7 Å². The van der Waals surface area contributed by atoms with Gasteiger partial charge in [-0.3, -0.25) is 4.79 Å². The molecule has 1 aliphatic rings. The third-order valence-electron chi connectivity index (χ3n) is 4.33. The lowest BCUT2D eigenvalue weighted by Gasteiger charge is -2.27. The van der Waals surface area contributed by atoms with Gasteiger partial charge in [-0.25, -0.2) is 18.9 Å². The van der Waals surface area contributed by atoms with Crippen LogP contribution in [0.1, 0.15) is 19.3 Å². The second kappa shape index (κ2) is 5.63. The van der Waals surface area contributed by atoms with E-state index in [-0.39, 0.29) is 0 Å². The molecule has 3 heterocycles. The Morgan fingerprint density at radius 2 is 1.92 bits per heavy atom. The summed E-state index contributed by atoms with van der Waals surface area (Å²) in [7, 11) is 0. The average molecular weight is 327 g/mol. The first-order chi connectivity index (χ1) is 11.6. The second-order valence-electron chi connectivity index (χ2n) is 5.96. The molecule has 2 aromatic heterocycles. The van der Waals surface area contributed by atoms with E-state index in [0.717, 1.165) is 30.6 Å². The van der Waals surface area contributed by atoms with E-state index in [1.54, 1.807) is 6.07 Å². The van der Waals surface area contributed by atoms with Crippen molar-refractivity contribution in [3.8, 4) is 0 Å². The van der Waals surface area contributed by atoms with Crippen LogP contribution in [0, 0.1) is 0 Å². The van der Waals surface area contributed by atoms with Crippen LogP contribution < -0.4 is 10.6 Å². The van der Waals surface area contributed by atoms with Gasteiger partial charge in [-0.15, -0.1) is 5.10 Å². The summed E-state index contributed by atoms with van der Waals surface area (Å²) in [6, 6.07) is 7.34. The minimum atomic E-state index is -1.10. The van der Waals surface area contributed by atoms with E-state index < -0.39 is 18.2 Å². The number of carbonyl (C=O) groups is 1. The van der Waals surface area contributed by atoms with Crippen molar-refractivity contribution in [2.45, 2.75) is 25.8 Å². The van der Waals surface area contributed by atoms with Crippen LogP contribution in [-0.2, 0) is 11.3 Å². The molecule has 1 fully saturated rings. The topological polar surface area (TPSA) is 92.7 Å². The van der Waals surface area contributed by atoms with Crippen LogP contribution >= 0.6 is 0 Å². The third-order valence-corrected chi connectivity index (χ3v) is 4.33. The summed E-state index contributed by atoms with van der Waals surface area (Å²) in [5, 5.41) is 13.3. The van der Waals surface area contributed by atoms with Crippen molar-refractivity contribution in [1.29, 1.82) is 0 Å². The predicted molar refractivity (Wildman–Crippen MR) is 88.5 cm³/mol. The number of piperidine rings is 1. The summed E-state index contributed by atoms with van der Waals surface area (Å²) >= 11 is 0. The molecule has 0 bridgehead atoms. The van der Waals surface area contributed by atoms with E-state index in [2.05, 4.69) is 10.00 Å². The molecule has 24 heavy (non-hydrogen) atoms. The number of carboxylic acids is 1. The first-order valence-corrected chi connectivity index (χ1v) is 8.00. The minimum absolute atomic E-state index is 0.418. The van der Waals surface area contributed by atoms with Crippen LogP contribution in [0.3, 0.4) is 0 Å². The molecule has 8 nitrogen and oxygen atoms in total. The maximum Gasteiger partial charge on any atom is 0.351 e. The zero-order chi connectivity index (χ0) is 16.7. The van der Waals surface area contributed by atoms with Gasteiger partial charge in [0.1, 0.15) is 6.54 Å². The highest BCUT2D eigenvalue weighted by Gasteiger charge is 2.22. The lowest BCUT2D eigenvalue weighted by Crippen LogP contribution is -2.31. The van der Waals surface area contributed by atoms with Crippen LogP contribution in [0.4, 0.5) is 5.82 Å². The van der Waals surface area contributed by atoms with Gasteiger partial charge in [0.05, 0.1) is 11.0 Å². The van der Waals surface area contributed by atoms with Gasteiger partial charge in [-0.05, 0) is 31.4 Å². The molecule has 0 unspecified atom stereocenters. The number of hydrogen-bond donors (Lipinski definition) is 1. The lowest BCUT2D eigenvalue weighted by molar-refractivity contribution is -0.137. The zero-order valence-corrected chi connectivity index (χ0v) is 13.1. The van der Waals surface area contributed by atoms with Gasteiger partial charge in [-0.2, -0.15) is 0 Å². The maximum atomic E-state index is 12.7. The Bertz CT molecular complexity index is 984. The molecule has 124 valence electrons. The lowest BCUT2D eigenvalue weighted by atomic mass is 10.1. The highest BCUT2D eigenvalue weighted by molar-refractivity contribution is 5.83. The summed E-state index contributed by atoms with van der Waals surface area (Å²) in [5.41, 5.74) is 1.29. The van der Waals surface area contributed by atoms with E-state index >= 15 is 0 Å². The van der Waals surface area contributed by atoms with Crippen molar-refractivity contribution >= 4 is 28.5 Å². The largest absolute Gasteiger partial charge is 0.480 e. The Morgan fingerprint density at radius 1 is 1.17 bits per heavy atom. The number of rotatable bonds is 3. The molecule has 1 N–H and O–H groups in total. The first kappa shape index (κ1) is 14.7.